The molecule has 1 unspecified atom stereocenters. The number of hydrogen-bond acceptors (Lipinski definition) is 2. The average molecular weight is 266 g/mol. The Kier molecular flexibility index (Phi) is 2.91. The maximum absolute atomic E-state index is 5.62. The summed E-state index contributed by atoms with van der Waals surface area (Å²) in [5, 5.41) is 0. The minimum Gasteiger partial charge on any atom is -0.441 e. The summed E-state index contributed by atoms with van der Waals surface area (Å²) < 4.78 is 5.62. The molecule has 2 rings (SSSR count). The summed E-state index contributed by atoms with van der Waals surface area (Å²) in [4.78, 5) is 4.69. The second kappa shape index (κ2) is 4.19. The Hall–Kier alpha value is -1.09. The zero-order valence-corrected chi connectivity index (χ0v) is 10.3. The lowest BCUT2D eigenvalue weighted by Gasteiger charge is -1.95. The Morgan fingerprint density at radius 1 is 1.27 bits per heavy atom. The van der Waals surface area contributed by atoms with E-state index in [0.29, 0.717) is 5.89 Å². The van der Waals surface area contributed by atoms with E-state index in [1.807, 2.05) is 44.2 Å². The molecule has 0 aliphatic carbocycles. The highest BCUT2D eigenvalue weighted by Crippen LogP contribution is 2.28. The van der Waals surface area contributed by atoms with Crippen LogP contribution in [0.1, 0.15) is 23.2 Å². The average Bonchev–Trinajstić information content (AvgIpc) is 2.62. The van der Waals surface area contributed by atoms with E-state index in [0.717, 1.165) is 17.0 Å². The van der Waals surface area contributed by atoms with E-state index in [9.17, 15) is 0 Å². The number of hydrogen-bond donors (Lipinski definition) is 0. The number of alkyl halides is 1. The largest absolute Gasteiger partial charge is 0.441 e. The lowest BCUT2D eigenvalue weighted by molar-refractivity contribution is 0.539. The molecule has 1 aromatic carbocycles. The summed E-state index contributed by atoms with van der Waals surface area (Å²) in [5.41, 5.74) is 1.98. The van der Waals surface area contributed by atoms with Crippen LogP contribution >= 0.6 is 15.9 Å². The lowest BCUT2D eigenvalue weighted by Crippen LogP contribution is -1.86. The van der Waals surface area contributed by atoms with E-state index in [4.69, 9.17) is 4.42 Å². The topological polar surface area (TPSA) is 26.0 Å². The smallest absolute Gasteiger partial charge is 0.226 e. The summed E-state index contributed by atoms with van der Waals surface area (Å²) in [6.45, 7) is 3.98. The normalized spacial score (nSPS) is 12.7. The third-order valence-electron chi connectivity index (χ3n) is 2.23. The Labute approximate surface area is 97.5 Å². The van der Waals surface area contributed by atoms with Crippen LogP contribution in [0.25, 0.3) is 11.5 Å². The summed E-state index contributed by atoms with van der Waals surface area (Å²) in [6, 6.07) is 9.92. The van der Waals surface area contributed by atoms with Gasteiger partial charge in [-0.05, 0) is 26.0 Å². The standard InChI is InChI=1S/C12H12BrNO/c1-8(13)11-9(2)15-12(14-11)10-6-4-3-5-7-10/h3-8H,1-2H3. The van der Waals surface area contributed by atoms with Crippen LogP contribution in [0.3, 0.4) is 0 Å². The fourth-order valence-electron chi connectivity index (χ4n) is 1.48. The van der Waals surface area contributed by atoms with Crippen LogP contribution in [-0.4, -0.2) is 4.98 Å². The third-order valence-corrected chi connectivity index (χ3v) is 2.66. The van der Waals surface area contributed by atoms with Crippen LogP contribution in [0.5, 0.6) is 0 Å². The second-order valence-corrected chi connectivity index (χ2v) is 4.82. The SMILES string of the molecule is Cc1oc(-c2ccccc2)nc1C(C)Br. The Morgan fingerprint density at radius 3 is 2.47 bits per heavy atom. The molecule has 78 valence electrons. The predicted molar refractivity (Wildman–Crippen MR) is 64.0 cm³/mol. The zero-order chi connectivity index (χ0) is 10.8. The van der Waals surface area contributed by atoms with Crippen molar-refractivity contribution in [2.75, 3.05) is 0 Å². The van der Waals surface area contributed by atoms with Gasteiger partial charge < -0.3 is 4.42 Å². The summed E-state index contributed by atoms with van der Waals surface area (Å²) >= 11 is 3.50. The van der Waals surface area contributed by atoms with Gasteiger partial charge in [0.2, 0.25) is 5.89 Å². The van der Waals surface area contributed by atoms with E-state index >= 15 is 0 Å². The fourth-order valence-corrected chi connectivity index (χ4v) is 1.91. The maximum Gasteiger partial charge on any atom is 0.226 e. The first-order valence-electron chi connectivity index (χ1n) is 4.85. The van der Waals surface area contributed by atoms with E-state index in [-0.39, 0.29) is 4.83 Å². The Balaban J connectivity index is 2.43. The van der Waals surface area contributed by atoms with Crippen molar-refractivity contribution in [3.8, 4) is 11.5 Å². The van der Waals surface area contributed by atoms with Crippen molar-refractivity contribution in [2.24, 2.45) is 0 Å². The van der Waals surface area contributed by atoms with Crippen LogP contribution in [0, 0.1) is 6.92 Å². The molecule has 1 heterocycles. The van der Waals surface area contributed by atoms with Gasteiger partial charge in [0.1, 0.15) is 5.76 Å². The predicted octanol–water partition coefficient (Wildman–Crippen LogP) is 4.11. The molecule has 0 N–H and O–H groups in total. The highest BCUT2D eigenvalue weighted by atomic mass is 79.9. The fraction of sp³-hybridized carbons (Fsp3) is 0.250. The number of aryl methyl sites for hydroxylation is 1. The van der Waals surface area contributed by atoms with Gasteiger partial charge in [0.15, 0.2) is 0 Å². The van der Waals surface area contributed by atoms with Crippen LogP contribution < -0.4 is 0 Å². The molecule has 0 bridgehead atoms. The van der Waals surface area contributed by atoms with Gasteiger partial charge in [-0.25, -0.2) is 4.98 Å². The number of nitrogens with zero attached hydrogens (tertiary/aromatic N) is 1. The molecule has 0 spiro atoms. The summed E-state index contributed by atoms with van der Waals surface area (Å²) in [7, 11) is 0. The summed E-state index contributed by atoms with van der Waals surface area (Å²) in [6.07, 6.45) is 0. The number of benzene rings is 1. The molecule has 2 aromatic rings. The third kappa shape index (κ3) is 2.12. The van der Waals surface area contributed by atoms with Crippen molar-refractivity contribution in [1.82, 2.24) is 4.98 Å². The lowest BCUT2D eigenvalue weighted by atomic mass is 10.2. The first-order chi connectivity index (χ1) is 7.18. The number of rotatable bonds is 2. The van der Waals surface area contributed by atoms with Crippen molar-refractivity contribution in [2.45, 2.75) is 18.7 Å². The van der Waals surface area contributed by atoms with Gasteiger partial charge in [0, 0.05) is 5.56 Å². The Bertz CT molecular complexity index is 448. The van der Waals surface area contributed by atoms with E-state index < -0.39 is 0 Å². The molecule has 3 heteroatoms. The van der Waals surface area contributed by atoms with Crippen LogP contribution in [-0.2, 0) is 0 Å². The van der Waals surface area contributed by atoms with E-state index in [1.54, 1.807) is 0 Å². The van der Waals surface area contributed by atoms with Gasteiger partial charge >= 0.3 is 0 Å². The molecule has 0 aliphatic heterocycles. The van der Waals surface area contributed by atoms with E-state index in [2.05, 4.69) is 20.9 Å². The van der Waals surface area contributed by atoms with Crippen LogP contribution in [0.4, 0.5) is 0 Å². The van der Waals surface area contributed by atoms with Gasteiger partial charge in [-0.3, -0.25) is 0 Å². The zero-order valence-electron chi connectivity index (χ0n) is 8.70. The molecule has 2 nitrogen and oxygen atoms in total. The number of halogens is 1. The van der Waals surface area contributed by atoms with Crippen LogP contribution in [0.15, 0.2) is 34.7 Å². The highest BCUT2D eigenvalue weighted by Gasteiger charge is 2.14. The van der Waals surface area contributed by atoms with Gasteiger partial charge in [-0.15, -0.1) is 0 Å². The maximum atomic E-state index is 5.62. The summed E-state index contributed by atoms with van der Waals surface area (Å²) in [5.74, 6) is 1.56. The molecule has 0 saturated carbocycles. The molecule has 0 fully saturated rings. The van der Waals surface area contributed by atoms with E-state index in [1.165, 1.54) is 0 Å². The van der Waals surface area contributed by atoms with Gasteiger partial charge in [0.25, 0.3) is 0 Å². The minimum absolute atomic E-state index is 0.221. The van der Waals surface area contributed by atoms with Gasteiger partial charge in [-0.1, -0.05) is 34.1 Å². The molecule has 0 radical (unpaired) electrons. The number of oxazole rings is 1. The first-order valence-corrected chi connectivity index (χ1v) is 5.77. The highest BCUT2D eigenvalue weighted by molar-refractivity contribution is 9.09. The van der Waals surface area contributed by atoms with Gasteiger partial charge in [-0.2, -0.15) is 0 Å². The second-order valence-electron chi connectivity index (χ2n) is 3.44. The molecule has 1 atom stereocenters. The number of aromatic nitrogens is 1. The first kappa shape index (κ1) is 10.4. The van der Waals surface area contributed by atoms with Crippen molar-refractivity contribution < 1.29 is 4.42 Å². The van der Waals surface area contributed by atoms with Gasteiger partial charge in [0.05, 0.1) is 10.5 Å². The minimum atomic E-state index is 0.221. The van der Waals surface area contributed by atoms with Crippen molar-refractivity contribution in [3.05, 3.63) is 41.8 Å². The molecular weight excluding hydrogens is 254 g/mol. The van der Waals surface area contributed by atoms with Crippen molar-refractivity contribution in [1.29, 1.82) is 0 Å². The molecule has 1 aromatic heterocycles. The molecule has 0 amide bonds. The van der Waals surface area contributed by atoms with Crippen molar-refractivity contribution in [3.63, 3.8) is 0 Å². The van der Waals surface area contributed by atoms with Crippen LogP contribution in [0.2, 0.25) is 0 Å². The molecular formula is C12H12BrNO. The molecule has 0 aliphatic rings. The molecule has 15 heavy (non-hydrogen) atoms. The monoisotopic (exact) mass is 265 g/mol. The molecule has 0 saturated heterocycles. The Morgan fingerprint density at radius 2 is 1.93 bits per heavy atom. The quantitative estimate of drug-likeness (QED) is 0.764. The van der Waals surface area contributed by atoms with Crippen molar-refractivity contribution >= 4 is 15.9 Å².